The highest BCUT2D eigenvalue weighted by Crippen LogP contribution is 2.33. The number of aryl methyl sites for hydroxylation is 1. The number of nitrogens with one attached hydrogen (secondary N) is 1. The topological polar surface area (TPSA) is 43.6 Å². The molecule has 4 rings (SSSR count). The number of benzene rings is 1. The Morgan fingerprint density at radius 2 is 2.10 bits per heavy atom. The molecule has 2 aromatic rings. The SMILES string of the molecule is c1cc2c(o1)CCCC2NCc1ccc2c(c1)OCO2. The molecule has 0 radical (unpaired) electrons. The lowest BCUT2D eigenvalue weighted by molar-refractivity contribution is 0.174. The van der Waals surface area contributed by atoms with E-state index in [9.17, 15) is 0 Å². The van der Waals surface area contributed by atoms with Gasteiger partial charge in [-0.05, 0) is 36.6 Å². The standard InChI is InChI=1S/C16H17NO3/c1-2-13(12-6-7-18-14(12)3-1)17-9-11-4-5-15-16(8-11)20-10-19-15/h4-8,13,17H,1-3,9-10H2. The molecule has 104 valence electrons. The van der Waals surface area contributed by atoms with Gasteiger partial charge in [-0.1, -0.05) is 6.07 Å². The predicted molar refractivity (Wildman–Crippen MR) is 73.8 cm³/mol. The van der Waals surface area contributed by atoms with Crippen LogP contribution in [0.5, 0.6) is 11.5 Å². The second-order valence-electron chi connectivity index (χ2n) is 5.31. The van der Waals surface area contributed by atoms with Gasteiger partial charge in [0.25, 0.3) is 0 Å². The van der Waals surface area contributed by atoms with Gasteiger partial charge in [0.1, 0.15) is 5.76 Å². The Morgan fingerprint density at radius 1 is 1.15 bits per heavy atom. The molecule has 0 bridgehead atoms. The van der Waals surface area contributed by atoms with Crippen LogP contribution in [-0.2, 0) is 13.0 Å². The molecule has 4 nitrogen and oxygen atoms in total. The van der Waals surface area contributed by atoms with Crippen LogP contribution in [0.3, 0.4) is 0 Å². The molecule has 1 N–H and O–H groups in total. The van der Waals surface area contributed by atoms with E-state index in [2.05, 4.69) is 23.5 Å². The third-order valence-electron chi connectivity index (χ3n) is 4.04. The van der Waals surface area contributed by atoms with Gasteiger partial charge in [0.05, 0.1) is 6.26 Å². The van der Waals surface area contributed by atoms with Crippen LogP contribution >= 0.6 is 0 Å². The summed E-state index contributed by atoms with van der Waals surface area (Å²) in [6, 6.07) is 8.59. The number of ether oxygens (including phenoxy) is 2. The zero-order valence-electron chi connectivity index (χ0n) is 11.2. The van der Waals surface area contributed by atoms with Crippen molar-refractivity contribution in [3.05, 3.63) is 47.4 Å². The highest BCUT2D eigenvalue weighted by atomic mass is 16.7. The second kappa shape index (κ2) is 4.87. The van der Waals surface area contributed by atoms with E-state index in [1.807, 2.05) is 6.07 Å². The molecule has 1 aromatic carbocycles. The summed E-state index contributed by atoms with van der Waals surface area (Å²) in [5.41, 5.74) is 2.53. The van der Waals surface area contributed by atoms with Gasteiger partial charge in [-0.2, -0.15) is 0 Å². The minimum Gasteiger partial charge on any atom is -0.469 e. The Kier molecular flexibility index (Phi) is 2.89. The minimum absolute atomic E-state index is 0.327. The van der Waals surface area contributed by atoms with Gasteiger partial charge in [-0.25, -0.2) is 0 Å². The number of hydrogen-bond donors (Lipinski definition) is 1. The van der Waals surface area contributed by atoms with Crippen LogP contribution in [0.15, 0.2) is 34.9 Å². The maximum atomic E-state index is 5.52. The summed E-state index contributed by atoms with van der Waals surface area (Å²) in [5, 5.41) is 3.62. The molecule has 0 spiro atoms. The molecule has 1 atom stereocenters. The first-order valence-electron chi connectivity index (χ1n) is 7.08. The Balaban J connectivity index is 1.46. The van der Waals surface area contributed by atoms with Crippen molar-refractivity contribution in [2.75, 3.05) is 6.79 Å². The lowest BCUT2D eigenvalue weighted by atomic mass is 9.93. The molecule has 1 aliphatic carbocycles. The number of furan rings is 1. The van der Waals surface area contributed by atoms with Crippen LogP contribution in [-0.4, -0.2) is 6.79 Å². The molecule has 0 saturated heterocycles. The lowest BCUT2D eigenvalue weighted by Gasteiger charge is -2.22. The van der Waals surface area contributed by atoms with Crippen molar-refractivity contribution < 1.29 is 13.9 Å². The first-order valence-corrected chi connectivity index (χ1v) is 7.08. The average molecular weight is 271 g/mol. The van der Waals surface area contributed by atoms with Gasteiger partial charge in [0.15, 0.2) is 11.5 Å². The van der Waals surface area contributed by atoms with Crippen LogP contribution in [0.25, 0.3) is 0 Å². The first kappa shape index (κ1) is 11.9. The van der Waals surface area contributed by atoms with Gasteiger partial charge >= 0.3 is 0 Å². The summed E-state index contributed by atoms with van der Waals surface area (Å²) in [6.07, 6.45) is 5.20. The molecule has 0 amide bonds. The maximum Gasteiger partial charge on any atom is 0.231 e. The van der Waals surface area contributed by atoms with Gasteiger partial charge < -0.3 is 19.2 Å². The van der Waals surface area contributed by atoms with Crippen molar-refractivity contribution in [2.24, 2.45) is 0 Å². The van der Waals surface area contributed by atoms with Crippen LogP contribution < -0.4 is 14.8 Å². The number of rotatable bonds is 3. The van der Waals surface area contributed by atoms with E-state index in [-0.39, 0.29) is 0 Å². The van der Waals surface area contributed by atoms with Gasteiger partial charge in [0, 0.05) is 24.6 Å². The van der Waals surface area contributed by atoms with Gasteiger partial charge in [-0.15, -0.1) is 0 Å². The highest BCUT2D eigenvalue weighted by molar-refractivity contribution is 5.44. The first-order chi connectivity index (χ1) is 9.90. The van der Waals surface area contributed by atoms with Gasteiger partial charge in [0.2, 0.25) is 6.79 Å². The van der Waals surface area contributed by atoms with Crippen LogP contribution in [0.4, 0.5) is 0 Å². The summed E-state index contributed by atoms with van der Waals surface area (Å²) < 4.78 is 16.3. The van der Waals surface area contributed by atoms with E-state index in [4.69, 9.17) is 13.9 Å². The van der Waals surface area contributed by atoms with E-state index >= 15 is 0 Å². The normalized spacial score (nSPS) is 19.9. The Bertz CT molecular complexity index is 620. The molecular weight excluding hydrogens is 254 g/mol. The zero-order valence-corrected chi connectivity index (χ0v) is 11.2. The van der Waals surface area contributed by atoms with E-state index < -0.39 is 0 Å². The largest absolute Gasteiger partial charge is 0.469 e. The molecule has 0 saturated carbocycles. The van der Waals surface area contributed by atoms with E-state index in [0.717, 1.165) is 36.6 Å². The van der Waals surface area contributed by atoms with Crippen molar-refractivity contribution in [1.29, 1.82) is 0 Å². The van der Waals surface area contributed by atoms with Crippen molar-refractivity contribution in [1.82, 2.24) is 5.32 Å². The van der Waals surface area contributed by atoms with E-state index in [0.29, 0.717) is 12.8 Å². The van der Waals surface area contributed by atoms with E-state index in [1.54, 1.807) is 6.26 Å². The summed E-state index contributed by atoms with van der Waals surface area (Å²) in [7, 11) is 0. The fourth-order valence-electron chi connectivity index (χ4n) is 2.99. The third-order valence-corrected chi connectivity index (χ3v) is 4.04. The van der Waals surface area contributed by atoms with Crippen molar-refractivity contribution in [2.45, 2.75) is 31.8 Å². The van der Waals surface area contributed by atoms with Crippen LogP contribution in [0.1, 0.15) is 35.8 Å². The van der Waals surface area contributed by atoms with Crippen LogP contribution in [0, 0.1) is 0 Å². The Labute approximate surface area is 117 Å². The van der Waals surface area contributed by atoms with Crippen molar-refractivity contribution in [3.8, 4) is 11.5 Å². The molecule has 2 aliphatic rings. The zero-order chi connectivity index (χ0) is 13.4. The minimum atomic E-state index is 0.327. The lowest BCUT2D eigenvalue weighted by Crippen LogP contribution is -2.23. The highest BCUT2D eigenvalue weighted by Gasteiger charge is 2.22. The predicted octanol–water partition coefficient (Wildman–Crippen LogP) is 3.18. The second-order valence-corrected chi connectivity index (χ2v) is 5.31. The molecule has 1 unspecified atom stereocenters. The fourth-order valence-corrected chi connectivity index (χ4v) is 2.99. The summed E-state index contributed by atoms with van der Waals surface area (Å²) in [6.45, 7) is 1.15. The molecule has 2 heterocycles. The number of hydrogen-bond acceptors (Lipinski definition) is 4. The number of fused-ring (bicyclic) bond motifs is 2. The molecule has 0 fully saturated rings. The molecular formula is C16H17NO3. The summed E-state index contributed by atoms with van der Waals surface area (Å²) >= 11 is 0. The third kappa shape index (κ3) is 2.06. The Hall–Kier alpha value is -1.94. The quantitative estimate of drug-likeness (QED) is 0.931. The van der Waals surface area contributed by atoms with E-state index in [1.165, 1.54) is 17.5 Å². The monoisotopic (exact) mass is 271 g/mol. The Morgan fingerprint density at radius 3 is 3.10 bits per heavy atom. The van der Waals surface area contributed by atoms with Crippen molar-refractivity contribution >= 4 is 0 Å². The maximum absolute atomic E-state index is 5.52. The van der Waals surface area contributed by atoms with Crippen LogP contribution in [0.2, 0.25) is 0 Å². The molecule has 1 aromatic heterocycles. The van der Waals surface area contributed by atoms with Gasteiger partial charge in [-0.3, -0.25) is 0 Å². The molecule has 1 aliphatic heterocycles. The average Bonchev–Trinajstić information content (AvgIpc) is 3.13. The fraction of sp³-hybridized carbons (Fsp3) is 0.375. The molecule has 20 heavy (non-hydrogen) atoms. The summed E-state index contributed by atoms with van der Waals surface area (Å²) in [4.78, 5) is 0. The smallest absolute Gasteiger partial charge is 0.231 e. The molecule has 4 heteroatoms. The summed E-state index contributed by atoms with van der Waals surface area (Å²) in [5.74, 6) is 2.82. The van der Waals surface area contributed by atoms with Crippen molar-refractivity contribution in [3.63, 3.8) is 0 Å².